The summed E-state index contributed by atoms with van der Waals surface area (Å²) in [4.78, 5) is 14.8. The fourth-order valence-electron chi connectivity index (χ4n) is 2.99. The third-order valence-electron chi connectivity index (χ3n) is 4.56. The minimum absolute atomic E-state index is 0.0140. The van der Waals surface area contributed by atoms with Gasteiger partial charge in [0.1, 0.15) is 0 Å². The van der Waals surface area contributed by atoms with Gasteiger partial charge in [-0.2, -0.15) is 0 Å². The summed E-state index contributed by atoms with van der Waals surface area (Å²) >= 11 is 1.76. The van der Waals surface area contributed by atoms with Crippen LogP contribution < -0.4 is 0 Å². The normalized spacial score (nSPS) is 19.0. The highest BCUT2D eigenvalue weighted by Crippen LogP contribution is 2.50. The first-order valence-corrected chi connectivity index (χ1v) is 9.12. The Hall–Kier alpha value is -2.47. The molecule has 25 heavy (non-hydrogen) atoms. The van der Waals surface area contributed by atoms with E-state index in [4.69, 9.17) is 4.74 Å². The molecule has 0 spiro atoms. The number of carbonyl (C=O) groups excluding carboxylic acids is 1. The van der Waals surface area contributed by atoms with Crippen LogP contribution in [0.1, 0.15) is 27.9 Å². The van der Waals surface area contributed by atoms with Gasteiger partial charge in [-0.25, -0.2) is 0 Å². The Labute approximate surface area is 150 Å². The summed E-state index contributed by atoms with van der Waals surface area (Å²) in [6, 6.07) is 14.1. The van der Waals surface area contributed by atoms with Gasteiger partial charge in [0.25, 0.3) is 0 Å². The number of rotatable bonds is 5. The molecule has 1 saturated carbocycles. The first-order valence-electron chi connectivity index (χ1n) is 8.30. The fourth-order valence-corrected chi connectivity index (χ4v) is 4.05. The lowest BCUT2D eigenvalue weighted by Gasteiger charge is -2.05. The fraction of sp³-hybridized carbons (Fsp3) is 0.316. The molecule has 0 aliphatic heterocycles. The smallest absolute Gasteiger partial charge is 0.310 e. The third kappa shape index (κ3) is 3.22. The van der Waals surface area contributed by atoms with E-state index in [-0.39, 0.29) is 18.5 Å². The molecule has 0 saturated heterocycles. The van der Waals surface area contributed by atoms with Gasteiger partial charge in [0, 0.05) is 28.3 Å². The Kier molecular flexibility index (Phi) is 4.13. The van der Waals surface area contributed by atoms with Gasteiger partial charge in [0.2, 0.25) is 0 Å². The number of thiophene rings is 1. The van der Waals surface area contributed by atoms with Crippen molar-refractivity contribution < 1.29 is 9.53 Å². The summed E-state index contributed by atoms with van der Waals surface area (Å²) in [5.74, 6) is 1.59. The Morgan fingerprint density at radius 1 is 1.24 bits per heavy atom. The summed E-state index contributed by atoms with van der Waals surface area (Å²) < 4.78 is 7.35. The maximum Gasteiger partial charge on any atom is 0.310 e. The standard InChI is InChI=1S/C19H19N3O2S/c1-12-8-9-16(25-12)14-10-15(14)19(23)24-11-17-20-21-18(22(17)2)13-6-4-3-5-7-13/h3-9,14-15H,10-11H2,1-2H3/t14-,15-/m0/s1. The highest BCUT2D eigenvalue weighted by atomic mass is 32.1. The van der Waals surface area contributed by atoms with Gasteiger partial charge in [0.05, 0.1) is 5.92 Å². The maximum atomic E-state index is 12.3. The molecule has 6 heteroatoms. The number of esters is 1. The Morgan fingerprint density at radius 3 is 2.76 bits per heavy atom. The first-order chi connectivity index (χ1) is 12.1. The van der Waals surface area contributed by atoms with Crippen molar-refractivity contribution in [3.05, 3.63) is 58.0 Å². The lowest BCUT2D eigenvalue weighted by molar-refractivity contribution is -0.146. The van der Waals surface area contributed by atoms with Crippen LogP contribution >= 0.6 is 11.3 Å². The molecule has 0 amide bonds. The lowest BCUT2D eigenvalue weighted by atomic mass is 10.2. The minimum atomic E-state index is -0.139. The van der Waals surface area contributed by atoms with E-state index in [2.05, 4.69) is 29.3 Å². The van der Waals surface area contributed by atoms with E-state index < -0.39 is 0 Å². The van der Waals surface area contributed by atoms with Crippen LogP contribution in [-0.4, -0.2) is 20.7 Å². The molecule has 0 radical (unpaired) electrons. The summed E-state index contributed by atoms with van der Waals surface area (Å²) in [6.07, 6.45) is 0.882. The zero-order chi connectivity index (χ0) is 17.4. The van der Waals surface area contributed by atoms with Crippen LogP contribution in [0, 0.1) is 12.8 Å². The van der Waals surface area contributed by atoms with E-state index in [1.54, 1.807) is 11.3 Å². The molecule has 0 unspecified atom stereocenters. The van der Waals surface area contributed by atoms with Crippen LogP contribution in [-0.2, 0) is 23.2 Å². The number of aromatic nitrogens is 3. The monoisotopic (exact) mass is 353 g/mol. The molecule has 3 aromatic rings. The molecular formula is C19H19N3O2S. The largest absolute Gasteiger partial charge is 0.457 e. The van der Waals surface area contributed by atoms with Crippen molar-refractivity contribution in [2.45, 2.75) is 25.9 Å². The molecule has 1 aliphatic carbocycles. The second kappa shape index (κ2) is 6.44. The van der Waals surface area contributed by atoms with Gasteiger partial charge in [-0.15, -0.1) is 21.5 Å². The van der Waals surface area contributed by atoms with Gasteiger partial charge >= 0.3 is 5.97 Å². The molecular weight excluding hydrogens is 334 g/mol. The van der Waals surface area contributed by atoms with Crippen molar-refractivity contribution in [3.8, 4) is 11.4 Å². The third-order valence-corrected chi connectivity index (χ3v) is 5.69. The highest BCUT2D eigenvalue weighted by Gasteiger charge is 2.46. The Morgan fingerprint density at radius 2 is 2.04 bits per heavy atom. The Bertz CT molecular complexity index is 901. The predicted octanol–water partition coefficient (Wildman–Crippen LogP) is 3.70. The lowest BCUT2D eigenvalue weighted by Crippen LogP contribution is -2.10. The second-order valence-electron chi connectivity index (χ2n) is 6.37. The van der Waals surface area contributed by atoms with Crippen molar-refractivity contribution in [1.29, 1.82) is 0 Å². The molecule has 128 valence electrons. The summed E-state index contributed by atoms with van der Waals surface area (Å²) in [7, 11) is 1.89. The number of hydrogen-bond acceptors (Lipinski definition) is 5. The van der Waals surface area contributed by atoms with Gasteiger partial charge in [0.15, 0.2) is 18.3 Å². The van der Waals surface area contributed by atoms with Crippen molar-refractivity contribution in [3.63, 3.8) is 0 Å². The van der Waals surface area contributed by atoms with Gasteiger partial charge < -0.3 is 9.30 Å². The first kappa shape index (κ1) is 16.0. The van der Waals surface area contributed by atoms with Gasteiger partial charge in [-0.3, -0.25) is 4.79 Å². The average Bonchev–Trinajstić information content (AvgIpc) is 3.18. The summed E-state index contributed by atoms with van der Waals surface area (Å²) in [5.41, 5.74) is 0.991. The molecule has 0 N–H and O–H groups in total. The van der Waals surface area contributed by atoms with E-state index in [0.29, 0.717) is 11.7 Å². The van der Waals surface area contributed by atoms with Crippen molar-refractivity contribution >= 4 is 17.3 Å². The van der Waals surface area contributed by atoms with Crippen molar-refractivity contribution in [1.82, 2.24) is 14.8 Å². The van der Waals surface area contributed by atoms with Crippen LogP contribution in [0.25, 0.3) is 11.4 Å². The molecule has 4 rings (SSSR count). The van der Waals surface area contributed by atoms with Crippen LogP contribution in [0.3, 0.4) is 0 Å². The van der Waals surface area contributed by atoms with Crippen LogP contribution in [0.15, 0.2) is 42.5 Å². The molecule has 2 aromatic heterocycles. The zero-order valence-corrected chi connectivity index (χ0v) is 15.0. The molecule has 2 heterocycles. The van der Waals surface area contributed by atoms with E-state index >= 15 is 0 Å². The van der Waals surface area contributed by atoms with Crippen molar-refractivity contribution in [2.75, 3.05) is 0 Å². The molecule has 1 aromatic carbocycles. The molecule has 1 aliphatic rings. The number of hydrogen-bond donors (Lipinski definition) is 0. The van der Waals surface area contributed by atoms with E-state index in [1.165, 1.54) is 9.75 Å². The number of benzene rings is 1. The number of aryl methyl sites for hydroxylation is 1. The SMILES string of the molecule is Cc1ccc([C@H]2C[C@@H]2C(=O)OCc2nnc(-c3ccccc3)n2C)s1. The van der Waals surface area contributed by atoms with E-state index in [0.717, 1.165) is 17.8 Å². The predicted molar refractivity (Wildman–Crippen MR) is 96.1 cm³/mol. The maximum absolute atomic E-state index is 12.3. The topological polar surface area (TPSA) is 57.0 Å². The highest BCUT2D eigenvalue weighted by molar-refractivity contribution is 7.12. The molecule has 0 bridgehead atoms. The van der Waals surface area contributed by atoms with E-state index in [1.807, 2.05) is 41.9 Å². The van der Waals surface area contributed by atoms with Crippen molar-refractivity contribution in [2.24, 2.45) is 13.0 Å². The number of ether oxygens (including phenoxy) is 1. The molecule has 1 fully saturated rings. The minimum Gasteiger partial charge on any atom is -0.457 e. The number of carbonyl (C=O) groups is 1. The van der Waals surface area contributed by atoms with Gasteiger partial charge in [-0.05, 0) is 25.5 Å². The number of nitrogens with zero attached hydrogens (tertiary/aromatic N) is 3. The van der Waals surface area contributed by atoms with Crippen LogP contribution in [0.4, 0.5) is 0 Å². The summed E-state index contributed by atoms with van der Waals surface area (Å²) in [6.45, 7) is 2.24. The molecule has 5 nitrogen and oxygen atoms in total. The van der Waals surface area contributed by atoms with Crippen LogP contribution in [0.2, 0.25) is 0 Å². The zero-order valence-electron chi connectivity index (χ0n) is 14.2. The van der Waals surface area contributed by atoms with Crippen LogP contribution in [0.5, 0.6) is 0 Å². The molecule has 2 atom stereocenters. The van der Waals surface area contributed by atoms with E-state index in [9.17, 15) is 4.79 Å². The Balaban J connectivity index is 1.38. The average molecular weight is 353 g/mol. The second-order valence-corrected chi connectivity index (χ2v) is 7.69. The quantitative estimate of drug-likeness (QED) is 0.656. The summed E-state index contributed by atoms with van der Waals surface area (Å²) in [5, 5.41) is 8.38. The van der Waals surface area contributed by atoms with Gasteiger partial charge in [-0.1, -0.05) is 30.3 Å².